The summed E-state index contributed by atoms with van der Waals surface area (Å²) in [7, 11) is 3.11. The summed E-state index contributed by atoms with van der Waals surface area (Å²) in [6.07, 6.45) is -2.95. The molecule has 5 rings (SSSR count). The number of ether oxygens (including phenoxy) is 4. The van der Waals surface area contributed by atoms with Gasteiger partial charge < -0.3 is 34.5 Å². The summed E-state index contributed by atoms with van der Waals surface area (Å²) in [6, 6.07) is 23.6. The molecule has 2 heterocycles. The van der Waals surface area contributed by atoms with E-state index in [1.54, 1.807) is 38.5 Å². The van der Waals surface area contributed by atoms with Gasteiger partial charge in [-0.2, -0.15) is 0 Å². The van der Waals surface area contributed by atoms with Gasteiger partial charge in [-0.15, -0.1) is 0 Å². The van der Waals surface area contributed by atoms with Crippen molar-refractivity contribution >= 4 is 11.9 Å². The van der Waals surface area contributed by atoms with E-state index in [0.29, 0.717) is 22.6 Å². The summed E-state index contributed by atoms with van der Waals surface area (Å²) in [5.74, 6) is -1.97. The number of aliphatic hydroxyl groups is 1. The minimum Gasteiger partial charge on any atom is -0.497 e. The molecule has 0 spiro atoms. The number of aliphatic hydroxyl groups excluding tert-OH is 1. The quantitative estimate of drug-likeness (QED) is 0.150. The second kappa shape index (κ2) is 13.2. The number of hydrogen-bond acceptors (Lipinski definition) is 9. The van der Waals surface area contributed by atoms with Gasteiger partial charge >= 0.3 is 17.6 Å². The molecule has 3 aromatic carbocycles. The van der Waals surface area contributed by atoms with E-state index in [4.69, 9.17) is 18.9 Å². The number of carboxylic acids is 1. The number of carbonyl (C=O) groups is 2. The Morgan fingerprint density at radius 3 is 1.96 bits per heavy atom. The molecule has 4 aromatic rings. The van der Waals surface area contributed by atoms with Gasteiger partial charge in [0.2, 0.25) is 0 Å². The Morgan fingerprint density at radius 2 is 1.44 bits per heavy atom. The van der Waals surface area contributed by atoms with Crippen molar-refractivity contribution in [2.24, 2.45) is 0 Å². The molecule has 1 saturated heterocycles. The summed E-state index contributed by atoms with van der Waals surface area (Å²) in [5.41, 5.74) is -0.696. The van der Waals surface area contributed by atoms with Crippen LogP contribution in [-0.2, 0) is 24.7 Å². The molecule has 4 atom stereocenters. The van der Waals surface area contributed by atoms with Crippen LogP contribution >= 0.6 is 0 Å². The Morgan fingerprint density at radius 1 is 0.889 bits per heavy atom. The number of rotatable bonds is 10. The number of aliphatic carboxylic acids is 1. The first-order valence-corrected chi connectivity index (χ1v) is 13.8. The van der Waals surface area contributed by atoms with Gasteiger partial charge in [-0.3, -0.25) is 19.1 Å². The van der Waals surface area contributed by atoms with Crippen LogP contribution in [-0.4, -0.2) is 70.7 Å². The number of aromatic nitrogens is 2. The predicted molar refractivity (Wildman–Crippen MR) is 159 cm³/mol. The van der Waals surface area contributed by atoms with Crippen LogP contribution in [0.15, 0.2) is 101 Å². The molecule has 45 heavy (non-hydrogen) atoms. The standard InChI is InChI=1S/C32H31N3O10/c1-42-22-12-8-20(9-13-22)32(19-6-4-3-5-7-19,21-10-14-23(43-2)15-11-21)44-18-24-27(37)26(34-28(38)30(39)40)29(45-24)35-17-16-25(36)33-31(35)41/h3-17,24,26-27,29,37H,18H2,1-2H3,(H,34,38)(H,39,40)(H,33,36,41)/t24-,26-,27-,29-/m1/s1. The van der Waals surface area contributed by atoms with Gasteiger partial charge in [0, 0.05) is 12.3 Å². The highest BCUT2D eigenvalue weighted by Gasteiger charge is 2.48. The Labute approximate surface area is 256 Å². The highest BCUT2D eigenvalue weighted by atomic mass is 16.6. The van der Waals surface area contributed by atoms with Crippen molar-refractivity contribution in [2.75, 3.05) is 20.8 Å². The lowest BCUT2D eigenvalue weighted by Crippen LogP contribution is -2.50. The topological polar surface area (TPSA) is 178 Å². The van der Waals surface area contributed by atoms with Crippen molar-refractivity contribution < 1.29 is 38.7 Å². The lowest BCUT2D eigenvalue weighted by Gasteiger charge is -2.37. The van der Waals surface area contributed by atoms with Crippen molar-refractivity contribution in [1.82, 2.24) is 14.9 Å². The summed E-state index contributed by atoms with van der Waals surface area (Å²) in [6.45, 7) is -0.290. The Kier molecular flexibility index (Phi) is 9.13. The maximum absolute atomic E-state index is 12.6. The number of carboxylic acid groups (broad SMARTS) is 1. The Bertz CT molecular complexity index is 1710. The zero-order chi connectivity index (χ0) is 32.1. The number of hydrogen-bond donors (Lipinski definition) is 4. The van der Waals surface area contributed by atoms with E-state index in [2.05, 4.69) is 10.3 Å². The molecule has 1 aromatic heterocycles. The molecule has 1 amide bonds. The monoisotopic (exact) mass is 617 g/mol. The third-order valence-corrected chi connectivity index (χ3v) is 7.63. The second-order valence-corrected chi connectivity index (χ2v) is 10.2. The maximum Gasteiger partial charge on any atom is 0.394 e. The second-order valence-electron chi connectivity index (χ2n) is 10.2. The van der Waals surface area contributed by atoms with Crippen LogP contribution < -0.4 is 26.0 Å². The SMILES string of the molecule is COc1ccc(C(OC[C@H]2O[C@@H](n3ccc(=O)[nH]c3=O)[C@H](NC(=O)C(=O)O)[C@@H]2O)(c2ccccc2)c2ccc(OC)cc2)cc1. The number of aromatic amines is 1. The predicted octanol–water partition coefficient (Wildman–Crippen LogP) is 1.39. The highest BCUT2D eigenvalue weighted by Crippen LogP contribution is 2.42. The van der Waals surface area contributed by atoms with Crippen LogP contribution in [0.3, 0.4) is 0 Å². The van der Waals surface area contributed by atoms with Gasteiger partial charge in [0.15, 0.2) is 6.23 Å². The van der Waals surface area contributed by atoms with E-state index in [1.165, 1.54) is 0 Å². The fourth-order valence-corrected chi connectivity index (χ4v) is 5.40. The van der Waals surface area contributed by atoms with E-state index in [1.807, 2.05) is 54.6 Å². The molecule has 0 aliphatic carbocycles. The number of methoxy groups -OCH3 is 2. The molecule has 4 N–H and O–H groups in total. The van der Waals surface area contributed by atoms with Crippen LogP contribution in [0.4, 0.5) is 0 Å². The molecular weight excluding hydrogens is 586 g/mol. The zero-order valence-electron chi connectivity index (χ0n) is 24.3. The van der Waals surface area contributed by atoms with Crippen LogP contribution in [0.25, 0.3) is 0 Å². The van der Waals surface area contributed by atoms with Crippen molar-refractivity contribution in [2.45, 2.75) is 30.1 Å². The summed E-state index contributed by atoms with van der Waals surface area (Å²) in [5, 5.41) is 22.8. The first-order chi connectivity index (χ1) is 21.7. The molecule has 1 aliphatic heterocycles. The molecule has 1 fully saturated rings. The molecule has 13 nitrogen and oxygen atoms in total. The first kappa shape index (κ1) is 31.2. The van der Waals surface area contributed by atoms with Gasteiger partial charge in [0.1, 0.15) is 35.3 Å². The number of amides is 1. The van der Waals surface area contributed by atoms with Gasteiger partial charge in [-0.05, 0) is 41.0 Å². The molecule has 0 bridgehead atoms. The van der Waals surface area contributed by atoms with Gasteiger partial charge in [0.05, 0.1) is 20.8 Å². The van der Waals surface area contributed by atoms with Gasteiger partial charge in [-0.1, -0.05) is 54.6 Å². The average Bonchev–Trinajstić information content (AvgIpc) is 3.36. The normalized spacial score (nSPS) is 19.5. The van der Waals surface area contributed by atoms with E-state index in [-0.39, 0.29) is 6.61 Å². The van der Waals surface area contributed by atoms with E-state index in [9.17, 15) is 29.4 Å². The number of H-pyrrole nitrogens is 1. The van der Waals surface area contributed by atoms with Gasteiger partial charge in [0.25, 0.3) is 5.56 Å². The minimum absolute atomic E-state index is 0.290. The number of nitrogens with one attached hydrogen (secondary N) is 2. The lowest BCUT2D eigenvalue weighted by molar-refractivity contribution is -0.151. The Hall–Kier alpha value is -5.24. The fourth-order valence-electron chi connectivity index (χ4n) is 5.40. The molecule has 0 unspecified atom stereocenters. The zero-order valence-corrected chi connectivity index (χ0v) is 24.3. The molecule has 13 heteroatoms. The maximum atomic E-state index is 12.6. The average molecular weight is 618 g/mol. The molecular formula is C32H31N3O10. The fraction of sp³-hybridized carbons (Fsp3) is 0.250. The van der Waals surface area contributed by atoms with Crippen molar-refractivity contribution in [1.29, 1.82) is 0 Å². The number of carbonyl (C=O) groups excluding carboxylic acids is 1. The molecule has 1 aliphatic rings. The van der Waals surface area contributed by atoms with Crippen molar-refractivity contribution in [3.8, 4) is 11.5 Å². The van der Waals surface area contributed by atoms with E-state index < -0.39 is 53.2 Å². The van der Waals surface area contributed by atoms with Crippen molar-refractivity contribution in [3.05, 3.63) is 129 Å². The van der Waals surface area contributed by atoms with Crippen LogP contribution in [0.5, 0.6) is 11.5 Å². The van der Waals surface area contributed by atoms with Crippen LogP contribution in [0.1, 0.15) is 22.9 Å². The third kappa shape index (κ3) is 6.22. The summed E-state index contributed by atoms with van der Waals surface area (Å²) in [4.78, 5) is 50.0. The first-order valence-electron chi connectivity index (χ1n) is 13.8. The minimum atomic E-state index is -1.79. The number of benzene rings is 3. The smallest absolute Gasteiger partial charge is 0.394 e. The highest BCUT2D eigenvalue weighted by molar-refractivity contribution is 6.31. The van der Waals surface area contributed by atoms with Gasteiger partial charge in [-0.25, -0.2) is 9.59 Å². The third-order valence-electron chi connectivity index (χ3n) is 7.63. The largest absolute Gasteiger partial charge is 0.497 e. The van der Waals surface area contributed by atoms with E-state index in [0.717, 1.165) is 22.4 Å². The Balaban J connectivity index is 1.58. The van der Waals surface area contributed by atoms with Crippen molar-refractivity contribution in [3.63, 3.8) is 0 Å². The number of nitrogens with zero attached hydrogens (tertiary/aromatic N) is 1. The van der Waals surface area contributed by atoms with E-state index >= 15 is 0 Å². The van der Waals surface area contributed by atoms with Crippen LogP contribution in [0, 0.1) is 0 Å². The molecule has 234 valence electrons. The molecule has 0 radical (unpaired) electrons. The molecule has 0 saturated carbocycles. The summed E-state index contributed by atoms with van der Waals surface area (Å²) >= 11 is 0. The lowest BCUT2D eigenvalue weighted by atomic mass is 9.80. The summed E-state index contributed by atoms with van der Waals surface area (Å²) < 4.78 is 24.6. The van der Waals surface area contributed by atoms with Crippen LogP contribution in [0.2, 0.25) is 0 Å².